The fraction of sp³-hybridized carbons (Fsp3) is 0.207. The topological polar surface area (TPSA) is 96.3 Å². The summed E-state index contributed by atoms with van der Waals surface area (Å²) in [6, 6.07) is 21.8. The summed E-state index contributed by atoms with van der Waals surface area (Å²) >= 11 is 0. The zero-order chi connectivity index (χ0) is 25.2. The van der Waals surface area contributed by atoms with Gasteiger partial charge in [0.15, 0.2) is 0 Å². The lowest BCUT2D eigenvalue weighted by Gasteiger charge is -2.09. The molecule has 0 unspecified atom stereocenters. The van der Waals surface area contributed by atoms with E-state index in [2.05, 4.69) is 15.7 Å². The zero-order valence-electron chi connectivity index (χ0n) is 20.3. The predicted molar refractivity (Wildman–Crippen MR) is 139 cm³/mol. The summed E-state index contributed by atoms with van der Waals surface area (Å²) in [5.41, 5.74) is 5.92. The first kappa shape index (κ1) is 23.4. The molecule has 0 spiro atoms. The van der Waals surface area contributed by atoms with Crippen LogP contribution in [-0.2, 0) is 6.54 Å². The molecule has 36 heavy (non-hydrogen) atoms. The van der Waals surface area contributed by atoms with Crippen LogP contribution in [0, 0.1) is 13.8 Å². The van der Waals surface area contributed by atoms with Crippen LogP contribution >= 0.6 is 0 Å². The summed E-state index contributed by atoms with van der Waals surface area (Å²) in [5.74, 6) is 0.0152. The van der Waals surface area contributed by atoms with Gasteiger partial charge in [0.2, 0.25) is 0 Å². The SMILES string of the molecule is Cc1cccc(CNC(=O)n2nc(-c3ccc(NC(=O)c4ccccc4C)cc3O)cc2C2CC2)c1. The summed E-state index contributed by atoms with van der Waals surface area (Å²) in [6.45, 7) is 4.29. The van der Waals surface area contributed by atoms with E-state index in [1.54, 1.807) is 18.2 Å². The summed E-state index contributed by atoms with van der Waals surface area (Å²) in [4.78, 5) is 25.6. The molecule has 7 heteroatoms. The van der Waals surface area contributed by atoms with Crippen LogP contribution in [0.3, 0.4) is 0 Å². The van der Waals surface area contributed by atoms with Gasteiger partial charge in [-0.25, -0.2) is 4.79 Å². The van der Waals surface area contributed by atoms with Crippen molar-refractivity contribution in [3.63, 3.8) is 0 Å². The highest BCUT2D eigenvalue weighted by molar-refractivity contribution is 6.05. The van der Waals surface area contributed by atoms with E-state index in [4.69, 9.17) is 0 Å². The zero-order valence-corrected chi connectivity index (χ0v) is 20.3. The maximum absolute atomic E-state index is 13.0. The molecule has 0 atom stereocenters. The Balaban J connectivity index is 1.35. The van der Waals surface area contributed by atoms with Crippen LogP contribution in [0.2, 0.25) is 0 Å². The van der Waals surface area contributed by atoms with Crippen LogP contribution in [-0.4, -0.2) is 26.8 Å². The lowest BCUT2D eigenvalue weighted by atomic mass is 10.1. The second-order valence-corrected chi connectivity index (χ2v) is 9.29. The number of aromatic nitrogens is 2. The molecule has 1 aromatic heterocycles. The number of carbonyl (C=O) groups is 2. The first-order valence-electron chi connectivity index (χ1n) is 12.0. The molecule has 1 aliphatic carbocycles. The lowest BCUT2D eigenvalue weighted by Crippen LogP contribution is -2.30. The van der Waals surface area contributed by atoms with E-state index < -0.39 is 0 Å². The van der Waals surface area contributed by atoms with Gasteiger partial charge < -0.3 is 15.7 Å². The van der Waals surface area contributed by atoms with Crippen molar-refractivity contribution >= 4 is 17.6 Å². The molecule has 1 fully saturated rings. The van der Waals surface area contributed by atoms with E-state index in [9.17, 15) is 14.7 Å². The monoisotopic (exact) mass is 480 g/mol. The van der Waals surface area contributed by atoms with Gasteiger partial charge in [0.1, 0.15) is 5.75 Å². The molecule has 4 aromatic rings. The highest BCUT2D eigenvalue weighted by Gasteiger charge is 2.30. The number of carbonyl (C=O) groups excluding carboxylic acids is 2. The number of rotatable bonds is 6. The Bertz CT molecular complexity index is 1450. The van der Waals surface area contributed by atoms with E-state index in [1.165, 1.54) is 10.7 Å². The first-order chi connectivity index (χ1) is 17.4. The Morgan fingerprint density at radius 2 is 1.81 bits per heavy atom. The Kier molecular flexibility index (Phi) is 6.29. The second-order valence-electron chi connectivity index (χ2n) is 9.29. The molecular formula is C29H28N4O3. The molecule has 1 heterocycles. The highest BCUT2D eigenvalue weighted by atomic mass is 16.3. The summed E-state index contributed by atoms with van der Waals surface area (Å²) in [6.07, 6.45) is 2.01. The molecule has 0 saturated heterocycles. The van der Waals surface area contributed by atoms with Gasteiger partial charge in [-0.05, 0) is 62.1 Å². The maximum Gasteiger partial charge on any atom is 0.342 e. The van der Waals surface area contributed by atoms with Crippen molar-refractivity contribution in [3.05, 3.63) is 101 Å². The highest BCUT2D eigenvalue weighted by Crippen LogP contribution is 2.42. The van der Waals surface area contributed by atoms with Crippen molar-refractivity contribution < 1.29 is 14.7 Å². The van der Waals surface area contributed by atoms with E-state index >= 15 is 0 Å². The third-order valence-electron chi connectivity index (χ3n) is 6.37. The van der Waals surface area contributed by atoms with Gasteiger partial charge >= 0.3 is 6.03 Å². The van der Waals surface area contributed by atoms with Gasteiger partial charge in [-0.3, -0.25) is 4.79 Å². The van der Waals surface area contributed by atoms with Crippen LogP contribution in [0.5, 0.6) is 5.75 Å². The normalized spacial score (nSPS) is 12.8. The van der Waals surface area contributed by atoms with E-state index in [-0.39, 0.29) is 23.6 Å². The van der Waals surface area contributed by atoms with Crippen molar-refractivity contribution in [3.8, 4) is 17.0 Å². The summed E-state index contributed by atoms with van der Waals surface area (Å²) in [5, 5.41) is 21.1. The van der Waals surface area contributed by atoms with Gasteiger partial charge in [0.05, 0.1) is 11.4 Å². The number of nitrogens with zero attached hydrogens (tertiary/aromatic N) is 2. The van der Waals surface area contributed by atoms with E-state index in [0.717, 1.165) is 35.2 Å². The molecule has 0 bridgehead atoms. The average Bonchev–Trinajstić information content (AvgIpc) is 3.61. The predicted octanol–water partition coefficient (Wildman–Crippen LogP) is 5.76. The van der Waals surface area contributed by atoms with Gasteiger partial charge in [0, 0.05) is 35.3 Å². The number of benzene rings is 3. The number of phenolic OH excluding ortho intramolecular Hbond substituents is 1. The van der Waals surface area contributed by atoms with Gasteiger partial charge in [-0.15, -0.1) is 0 Å². The molecule has 2 amide bonds. The molecule has 1 saturated carbocycles. The van der Waals surface area contributed by atoms with Gasteiger partial charge in [-0.1, -0.05) is 48.0 Å². The van der Waals surface area contributed by atoms with Crippen LogP contribution < -0.4 is 10.6 Å². The van der Waals surface area contributed by atoms with Gasteiger partial charge in [0.25, 0.3) is 5.91 Å². The van der Waals surface area contributed by atoms with Crippen molar-refractivity contribution in [1.29, 1.82) is 0 Å². The Hall–Kier alpha value is -4.39. The number of anilines is 1. The summed E-state index contributed by atoms with van der Waals surface area (Å²) < 4.78 is 1.41. The molecule has 7 nitrogen and oxygen atoms in total. The van der Waals surface area contributed by atoms with Crippen molar-refractivity contribution in [1.82, 2.24) is 15.1 Å². The largest absolute Gasteiger partial charge is 0.507 e. The number of hydrogen-bond donors (Lipinski definition) is 3. The standard InChI is InChI=1S/C29H28N4O3/c1-18-6-5-8-20(14-18)17-30-29(36)33-26(21-10-11-21)16-25(32-33)24-13-12-22(15-27(24)34)31-28(35)23-9-4-3-7-19(23)2/h3-9,12-16,21,34H,10-11,17H2,1-2H3,(H,30,36)(H,31,35). The van der Waals surface area contributed by atoms with E-state index in [0.29, 0.717) is 29.1 Å². The Morgan fingerprint density at radius 3 is 2.53 bits per heavy atom. The minimum absolute atomic E-state index is 0.0234. The van der Waals surface area contributed by atoms with Crippen molar-refractivity contribution in [2.45, 2.75) is 39.2 Å². The number of aryl methyl sites for hydroxylation is 2. The quantitative estimate of drug-likeness (QED) is 0.327. The second kappa shape index (κ2) is 9.70. The number of nitrogens with one attached hydrogen (secondary N) is 2. The minimum Gasteiger partial charge on any atom is -0.507 e. The van der Waals surface area contributed by atoms with Gasteiger partial charge in [-0.2, -0.15) is 9.78 Å². The molecule has 3 aromatic carbocycles. The molecule has 0 aliphatic heterocycles. The number of aromatic hydroxyl groups is 1. The van der Waals surface area contributed by atoms with Crippen LogP contribution in [0.15, 0.2) is 72.8 Å². The molecule has 3 N–H and O–H groups in total. The third-order valence-corrected chi connectivity index (χ3v) is 6.37. The first-order valence-corrected chi connectivity index (χ1v) is 12.0. The van der Waals surface area contributed by atoms with Crippen molar-refractivity contribution in [2.75, 3.05) is 5.32 Å². The fourth-order valence-corrected chi connectivity index (χ4v) is 4.29. The van der Waals surface area contributed by atoms with E-state index in [1.807, 2.05) is 62.4 Å². The number of phenols is 1. The van der Waals surface area contributed by atoms with Crippen LogP contribution in [0.1, 0.15) is 51.5 Å². The van der Waals surface area contributed by atoms with Crippen LogP contribution in [0.4, 0.5) is 10.5 Å². The number of amides is 2. The molecule has 1 aliphatic rings. The smallest absolute Gasteiger partial charge is 0.342 e. The van der Waals surface area contributed by atoms with Crippen LogP contribution in [0.25, 0.3) is 11.3 Å². The fourth-order valence-electron chi connectivity index (χ4n) is 4.29. The lowest BCUT2D eigenvalue weighted by molar-refractivity contribution is 0.102. The molecule has 0 radical (unpaired) electrons. The molecule has 5 rings (SSSR count). The van der Waals surface area contributed by atoms with Crippen molar-refractivity contribution in [2.24, 2.45) is 0 Å². The number of hydrogen-bond acceptors (Lipinski definition) is 4. The average molecular weight is 481 g/mol. The minimum atomic E-state index is -0.300. The summed E-state index contributed by atoms with van der Waals surface area (Å²) in [7, 11) is 0. The molecule has 182 valence electrons. The Labute approximate surface area is 209 Å². The molecular weight excluding hydrogens is 452 g/mol. The Morgan fingerprint density at radius 1 is 1.00 bits per heavy atom. The maximum atomic E-state index is 13.0. The third kappa shape index (κ3) is 5.00.